The van der Waals surface area contributed by atoms with Gasteiger partial charge in [-0.3, -0.25) is 9.59 Å². The first-order valence-electron chi connectivity index (χ1n) is 8.63. The Balaban J connectivity index is 3.03. The van der Waals surface area contributed by atoms with Crippen molar-refractivity contribution >= 4 is 23.8 Å². The predicted octanol–water partition coefficient (Wildman–Crippen LogP) is 3.55. The largest absolute Gasteiger partial charge is 0.480 e. The van der Waals surface area contributed by atoms with Crippen molar-refractivity contribution in [3.05, 3.63) is 35.4 Å². The minimum atomic E-state index is -1.64. The third-order valence-electron chi connectivity index (χ3n) is 3.64. The number of amides is 2. The Morgan fingerprint density at radius 3 is 2.21 bits per heavy atom. The number of ketones is 1. The minimum Gasteiger partial charge on any atom is -0.480 e. The van der Waals surface area contributed by atoms with Crippen LogP contribution in [-0.2, 0) is 14.3 Å². The molecule has 1 N–H and O–H groups in total. The lowest BCUT2D eigenvalue weighted by molar-refractivity contribution is -0.149. The summed E-state index contributed by atoms with van der Waals surface area (Å²) in [7, 11) is 0. The highest BCUT2D eigenvalue weighted by Gasteiger charge is 2.37. The monoisotopic (exact) mass is 399 g/mol. The number of hydrogen-bond acceptors (Lipinski definition) is 5. The summed E-state index contributed by atoms with van der Waals surface area (Å²) >= 11 is 0. The van der Waals surface area contributed by atoms with Crippen molar-refractivity contribution in [3.63, 3.8) is 0 Å². The number of benzene rings is 1. The van der Waals surface area contributed by atoms with Crippen LogP contribution in [0.25, 0.3) is 0 Å². The zero-order chi connectivity index (χ0) is 21.6. The molecule has 2 amide bonds. The van der Waals surface area contributed by atoms with E-state index in [0.717, 1.165) is 12.1 Å². The fraction of sp³-hybridized carbons (Fsp3) is 0.474. The van der Waals surface area contributed by atoms with Gasteiger partial charge in [0.25, 0.3) is 0 Å². The number of nitrogens with zero attached hydrogens (tertiary/aromatic N) is 1. The van der Waals surface area contributed by atoms with Gasteiger partial charge >= 0.3 is 12.1 Å². The zero-order valence-corrected chi connectivity index (χ0v) is 16.1. The molecular formula is C19H23F2NO6. The lowest BCUT2D eigenvalue weighted by atomic mass is 10.0. The molecule has 7 nitrogen and oxygen atoms in total. The Hall–Kier alpha value is -2.84. The fourth-order valence-corrected chi connectivity index (χ4v) is 2.33. The van der Waals surface area contributed by atoms with E-state index in [-0.39, 0.29) is 12.0 Å². The highest BCUT2D eigenvalue weighted by molar-refractivity contribution is 5.98. The first-order chi connectivity index (χ1) is 12.9. The van der Waals surface area contributed by atoms with Crippen LogP contribution in [0.2, 0.25) is 0 Å². The van der Waals surface area contributed by atoms with Gasteiger partial charge in [0.15, 0.2) is 17.4 Å². The van der Waals surface area contributed by atoms with Gasteiger partial charge in [0.1, 0.15) is 11.6 Å². The average molecular weight is 399 g/mol. The van der Waals surface area contributed by atoms with E-state index in [4.69, 9.17) is 4.74 Å². The van der Waals surface area contributed by atoms with E-state index >= 15 is 0 Å². The number of halogens is 2. The second kappa shape index (κ2) is 9.38. The van der Waals surface area contributed by atoms with Crippen LogP contribution in [0.4, 0.5) is 13.6 Å². The van der Waals surface area contributed by atoms with E-state index in [1.807, 2.05) is 0 Å². The van der Waals surface area contributed by atoms with Crippen LogP contribution in [0.1, 0.15) is 57.3 Å². The molecule has 154 valence electrons. The molecule has 0 fully saturated rings. The lowest BCUT2D eigenvalue weighted by Gasteiger charge is -2.29. The first kappa shape index (κ1) is 23.2. The summed E-state index contributed by atoms with van der Waals surface area (Å²) < 4.78 is 31.4. The molecule has 1 atom stereocenters. The Kier molecular flexibility index (Phi) is 7.78. The summed E-state index contributed by atoms with van der Waals surface area (Å²) in [5.74, 6) is -5.26. The second-order valence-electron chi connectivity index (χ2n) is 7.04. The molecule has 1 aromatic rings. The van der Waals surface area contributed by atoms with Crippen LogP contribution in [-0.4, -0.2) is 45.4 Å². The lowest BCUT2D eigenvalue weighted by Crippen LogP contribution is -2.50. The third kappa shape index (κ3) is 6.40. The van der Waals surface area contributed by atoms with Gasteiger partial charge in [0.2, 0.25) is 5.91 Å². The maximum Gasteiger partial charge on any atom is 0.417 e. The number of aliphatic carboxylic acids is 1. The number of carboxylic acids is 1. The number of carbonyl (C=O) groups excluding carboxylic acids is 3. The second-order valence-corrected chi connectivity index (χ2v) is 7.04. The Morgan fingerprint density at radius 1 is 1.14 bits per heavy atom. The van der Waals surface area contributed by atoms with Crippen LogP contribution in [0, 0.1) is 11.6 Å². The molecule has 0 heterocycles. The number of hydrogen-bond donors (Lipinski definition) is 1. The van der Waals surface area contributed by atoms with Gasteiger partial charge in [0, 0.05) is 18.4 Å². The molecule has 0 aliphatic heterocycles. The number of Topliss-reactive ketones (excluding diaryl/α,β-unsaturated/α-hetero) is 1. The van der Waals surface area contributed by atoms with Crippen LogP contribution >= 0.6 is 0 Å². The number of rotatable bonds is 7. The van der Waals surface area contributed by atoms with E-state index < -0.39 is 59.9 Å². The molecule has 1 aromatic carbocycles. The molecule has 1 unspecified atom stereocenters. The van der Waals surface area contributed by atoms with Crippen LogP contribution in [0.3, 0.4) is 0 Å². The summed E-state index contributed by atoms with van der Waals surface area (Å²) in [5, 5.41) is 9.48. The Labute approximate surface area is 161 Å². The molecule has 0 saturated carbocycles. The minimum absolute atomic E-state index is 0.145. The quantitative estimate of drug-likeness (QED) is 0.704. The highest BCUT2D eigenvalue weighted by Crippen LogP contribution is 2.18. The van der Waals surface area contributed by atoms with Crippen molar-refractivity contribution in [3.8, 4) is 0 Å². The Bertz CT molecular complexity index is 772. The van der Waals surface area contributed by atoms with Gasteiger partial charge in [-0.25, -0.2) is 23.3 Å². The van der Waals surface area contributed by atoms with E-state index in [1.165, 1.54) is 6.92 Å². The SMILES string of the molecule is CCC(=O)N(C(=O)OC(C)(C)C)C(CCC(=O)c1ccc(F)c(F)c1)C(=O)O. The van der Waals surface area contributed by atoms with E-state index in [9.17, 15) is 33.1 Å². The van der Waals surface area contributed by atoms with Crippen LogP contribution in [0.5, 0.6) is 0 Å². The molecule has 28 heavy (non-hydrogen) atoms. The molecule has 0 spiro atoms. The summed E-state index contributed by atoms with van der Waals surface area (Å²) in [4.78, 5) is 48.8. The Morgan fingerprint density at radius 2 is 1.75 bits per heavy atom. The van der Waals surface area contributed by atoms with Gasteiger partial charge in [0.05, 0.1) is 0 Å². The zero-order valence-electron chi connectivity index (χ0n) is 16.1. The number of carbonyl (C=O) groups is 4. The fourth-order valence-electron chi connectivity index (χ4n) is 2.33. The smallest absolute Gasteiger partial charge is 0.417 e. The van der Waals surface area contributed by atoms with E-state index in [1.54, 1.807) is 20.8 Å². The number of imide groups is 1. The molecular weight excluding hydrogens is 376 g/mol. The van der Waals surface area contributed by atoms with Gasteiger partial charge < -0.3 is 9.84 Å². The van der Waals surface area contributed by atoms with Crippen molar-refractivity contribution in [2.45, 2.75) is 58.6 Å². The molecule has 1 rings (SSSR count). The summed E-state index contributed by atoms with van der Waals surface area (Å²) in [6, 6.07) is 0.914. The first-order valence-corrected chi connectivity index (χ1v) is 8.63. The standard InChI is InChI=1S/C19H23F2NO6/c1-5-16(24)22(18(27)28-19(2,3)4)14(17(25)26)8-9-15(23)11-6-7-12(20)13(21)10-11/h6-7,10,14H,5,8-9H2,1-4H3,(H,25,26). The van der Waals surface area contributed by atoms with Gasteiger partial charge in [-0.05, 0) is 45.4 Å². The molecule has 0 aliphatic carbocycles. The van der Waals surface area contributed by atoms with Crippen molar-refractivity contribution in [2.75, 3.05) is 0 Å². The summed E-state index contributed by atoms with van der Waals surface area (Å²) in [6.07, 6.45) is -2.09. The van der Waals surface area contributed by atoms with Crippen molar-refractivity contribution in [1.82, 2.24) is 4.90 Å². The average Bonchev–Trinajstić information content (AvgIpc) is 2.58. The topological polar surface area (TPSA) is 101 Å². The summed E-state index contributed by atoms with van der Waals surface area (Å²) in [6.45, 7) is 6.12. The van der Waals surface area contributed by atoms with Gasteiger partial charge in [-0.2, -0.15) is 0 Å². The third-order valence-corrected chi connectivity index (χ3v) is 3.64. The predicted molar refractivity (Wildman–Crippen MR) is 94.7 cm³/mol. The number of carboxylic acid groups (broad SMARTS) is 1. The van der Waals surface area contributed by atoms with Gasteiger partial charge in [-0.1, -0.05) is 6.92 Å². The van der Waals surface area contributed by atoms with Crippen molar-refractivity contribution < 1.29 is 37.8 Å². The highest BCUT2D eigenvalue weighted by atomic mass is 19.2. The molecule has 0 radical (unpaired) electrons. The van der Waals surface area contributed by atoms with E-state index in [0.29, 0.717) is 11.0 Å². The maximum atomic E-state index is 13.3. The van der Waals surface area contributed by atoms with Crippen LogP contribution in [0.15, 0.2) is 18.2 Å². The molecule has 0 bridgehead atoms. The molecule has 0 saturated heterocycles. The van der Waals surface area contributed by atoms with E-state index in [2.05, 4.69) is 0 Å². The van der Waals surface area contributed by atoms with Crippen LogP contribution < -0.4 is 0 Å². The van der Waals surface area contributed by atoms with Crippen molar-refractivity contribution in [1.29, 1.82) is 0 Å². The molecule has 0 aliphatic rings. The number of ether oxygens (including phenoxy) is 1. The normalized spacial score (nSPS) is 12.2. The van der Waals surface area contributed by atoms with Gasteiger partial charge in [-0.15, -0.1) is 0 Å². The molecule has 9 heteroatoms. The summed E-state index contributed by atoms with van der Waals surface area (Å²) in [5.41, 5.74) is -1.11. The maximum absolute atomic E-state index is 13.3. The molecule has 0 aromatic heterocycles. The van der Waals surface area contributed by atoms with Crippen molar-refractivity contribution in [2.24, 2.45) is 0 Å².